The second-order valence-corrected chi connectivity index (χ2v) is 9.49. The molecule has 9 heteroatoms. The summed E-state index contributed by atoms with van der Waals surface area (Å²) in [7, 11) is 1.66. The lowest BCUT2D eigenvalue weighted by molar-refractivity contribution is -0.125. The molecule has 2 saturated heterocycles. The van der Waals surface area contributed by atoms with Gasteiger partial charge in [0, 0.05) is 26.2 Å². The van der Waals surface area contributed by atoms with Gasteiger partial charge in [-0.25, -0.2) is 4.68 Å². The SMILES string of the molecule is COc1ccc(-n2nc(C)c3sc(N4CCC[C@@H](C(=O)NC[C@H]5CCCO5)C4)nc32)cc1. The molecule has 3 aromatic rings. The second-order valence-electron chi connectivity index (χ2n) is 8.51. The fourth-order valence-corrected chi connectivity index (χ4v) is 5.51. The lowest BCUT2D eigenvalue weighted by atomic mass is 9.97. The Balaban J connectivity index is 1.32. The first kappa shape index (κ1) is 21.2. The van der Waals surface area contributed by atoms with Gasteiger partial charge in [-0.3, -0.25) is 4.79 Å². The average molecular weight is 456 g/mol. The third-order valence-electron chi connectivity index (χ3n) is 6.28. The number of amides is 1. The Bertz CT molecular complexity index is 1090. The third kappa shape index (κ3) is 4.19. The van der Waals surface area contributed by atoms with Crippen molar-refractivity contribution in [1.82, 2.24) is 20.1 Å². The van der Waals surface area contributed by atoms with Crippen molar-refractivity contribution in [3.63, 3.8) is 0 Å². The Morgan fingerprint density at radius 2 is 2.12 bits per heavy atom. The van der Waals surface area contributed by atoms with Gasteiger partial charge in [0.25, 0.3) is 0 Å². The van der Waals surface area contributed by atoms with E-state index in [1.807, 2.05) is 35.9 Å². The summed E-state index contributed by atoms with van der Waals surface area (Å²) in [6, 6.07) is 7.82. The number of nitrogens with one attached hydrogen (secondary N) is 1. The van der Waals surface area contributed by atoms with Gasteiger partial charge in [0.15, 0.2) is 10.8 Å². The summed E-state index contributed by atoms with van der Waals surface area (Å²) < 4.78 is 13.9. The fourth-order valence-electron chi connectivity index (χ4n) is 4.49. The van der Waals surface area contributed by atoms with Gasteiger partial charge in [-0.2, -0.15) is 10.1 Å². The zero-order chi connectivity index (χ0) is 22.1. The molecule has 8 nitrogen and oxygen atoms in total. The van der Waals surface area contributed by atoms with E-state index in [4.69, 9.17) is 19.6 Å². The van der Waals surface area contributed by atoms with Gasteiger partial charge in [-0.15, -0.1) is 0 Å². The van der Waals surface area contributed by atoms with Crippen LogP contribution in [-0.2, 0) is 9.53 Å². The molecule has 0 bridgehead atoms. The normalized spacial score (nSPS) is 21.2. The maximum Gasteiger partial charge on any atom is 0.224 e. The van der Waals surface area contributed by atoms with E-state index in [0.29, 0.717) is 13.1 Å². The van der Waals surface area contributed by atoms with Crippen LogP contribution >= 0.6 is 11.3 Å². The molecule has 1 N–H and O–H groups in total. The minimum absolute atomic E-state index is 0.0173. The highest BCUT2D eigenvalue weighted by molar-refractivity contribution is 7.22. The zero-order valence-corrected chi connectivity index (χ0v) is 19.4. The predicted octanol–water partition coefficient (Wildman–Crippen LogP) is 3.31. The molecule has 0 unspecified atom stereocenters. The maximum absolute atomic E-state index is 12.8. The number of carbonyl (C=O) groups is 1. The number of hydrogen-bond acceptors (Lipinski definition) is 7. The summed E-state index contributed by atoms with van der Waals surface area (Å²) in [6.07, 6.45) is 4.19. The number of carbonyl (C=O) groups excluding carboxylic acids is 1. The molecule has 2 aliphatic rings. The van der Waals surface area contributed by atoms with E-state index in [2.05, 4.69) is 10.2 Å². The summed E-state index contributed by atoms with van der Waals surface area (Å²) in [5.41, 5.74) is 2.77. The number of benzene rings is 1. The maximum atomic E-state index is 12.8. The van der Waals surface area contributed by atoms with Crippen molar-refractivity contribution in [2.75, 3.05) is 38.3 Å². The molecule has 2 aliphatic heterocycles. The number of ether oxygens (including phenoxy) is 2. The average Bonchev–Trinajstić information content (AvgIpc) is 3.56. The monoisotopic (exact) mass is 455 g/mol. The van der Waals surface area contributed by atoms with Crippen LogP contribution in [0.25, 0.3) is 16.0 Å². The summed E-state index contributed by atoms with van der Waals surface area (Å²) in [6.45, 7) is 5.06. The zero-order valence-electron chi connectivity index (χ0n) is 18.5. The molecule has 0 aliphatic carbocycles. The van der Waals surface area contributed by atoms with Gasteiger partial charge in [0.05, 0.1) is 35.2 Å². The second kappa shape index (κ2) is 9.07. The summed E-state index contributed by atoms with van der Waals surface area (Å²) >= 11 is 1.66. The number of hydrogen-bond donors (Lipinski definition) is 1. The smallest absolute Gasteiger partial charge is 0.224 e. The van der Waals surface area contributed by atoms with Gasteiger partial charge in [0.1, 0.15) is 5.75 Å². The first-order chi connectivity index (χ1) is 15.6. The quantitative estimate of drug-likeness (QED) is 0.614. The molecule has 1 aromatic carbocycles. The van der Waals surface area contributed by atoms with E-state index in [1.165, 1.54) is 0 Å². The highest BCUT2D eigenvalue weighted by Gasteiger charge is 2.29. The molecule has 32 heavy (non-hydrogen) atoms. The lowest BCUT2D eigenvalue weighted by Gasteiger charge is -2.31. The van der Waals surface area contributed by atoms with Gasteiger partial charge >= 0.3 is 0 Å². The van der Waals surface area contributed by atoms with E-state index in [-0.39, 0.29) is 17.9 Å². The number of methoxy groups -OCH3 is 1. The van der Waals surface area contributed by atoms with Gasteiger partial charge in [-0.05, 0) is 56.9 Å². The molecule has 1 amide bonds. The van der Waals surface area contributed by atoms with Crippen molar-refractivity contribution < 1.29 is 14.3 Å². The van der Waals surface area contributed by atoms with E-state index >= 15 is 0 Å². The molecule has 0 spiro atoms. The third-order valence-corrected chi connectivity index (χ3v) is 7.50. The van der Waals surface area contributed by atoms with E-state index in [9.17, 15) is 4.79 Å². The standard InChI is InChI=1S/C23H29N5O3S/c1-15-20-21(28(26-15)17-7-9-18(30-2)10-8-17)25-23(32-20)27-11-3-5-16(14-27)22(29)24-13-19-6-4-12-31-19/h7-10,16,19H,3-6,11-14H2,1-2H3,(H,24,29)/t16-,19-/m1/s1. The van der Waals surface area contributed by atoms with Crippen molar-refractivity contribution in [1.29, 1.82) is 0 Å². The van der Waals surface area contributed by atoms with E-state index in [0.717, 1.165) is 71.4 Å². The Hall–Kier alpha value is -2.65. The van der Waals surface area contributed by atoms with Crippen molar-refractivity contribution in [3.8, 4) is 11.4 Å². The van der Waals surface area contributed by atoms with Crippen molar-refractivity contribution in [2.45, 2.75) is 38.7 Å². The minimum Gasteiger partial charge on any atom is -0.497 e. The molecular weight excluding hydrogens is 426 g/mol. The number of anilines is 1. The Morgan fingerprint density at radius 3 is 2.88 bits per heavy atom. The molecule has 2 aromatic heterocycles. The van der Waals surface area contributed by atoms with Crippen molar-refractivity contribution >= 4 is 32.7 Å². The number of fused-ring (bicyclic) bond motifs is 1. The number of aromatic nitrogens is 3. The first-order valence-corrected chi connectivity index (χ1v) is 12.1. The molecule has 2 atom stereocenters. The number of rotatable bonds is 6. The van der Waals surface area contributed by atoms with Crippen LogP contribution in [0.2, 0.25) is 0 Å². The topological polar surface area (TPSA) is 81.5 Å². The Morgan fingerprint density at radius 1 is 1.28 bits per heavy atom. The molecular formula is C23H29N5O3S. The molecule has 0 radical (unpaired) electrons. The highest BCUT2D eigenvalue weighted by Crippen LogP contribution is 2.34. The van der Waals surface area contributed by atoms with Crippen LogP contribution in [0.15, 0.2) is 24.3 Å². The van der Waals surface area contributed by atoms with Crippen LogP contribution in [0.1, 0.15) is 31.4 Å². The van der Waals surface area contributed by atoms with Gasteiger partial charge in [-0.1, -0.05) is 11.3 Å². The molecule has 2 fully saturated rings. The molecule has 4 heterocycles. The Labute approximate surface area is 191 Å². The summed E-state index contributed by atoms with van der Waals surface area (Å²) in [5, 5.41) is 8.76. The number of nitrogens with zero attached hydrogens (tertiary/aromatic N) is 4. The van der Waals surface area contributed by atoms with Crippen molar-refractivity contribution in [3.05, 3.63) is 30.0 Å². The summed E-state index contributed by atoms with van der Waals surface area (Å²) in [5.74, 6) is 0.924. The van der Waals surface area contributed by atoms with Crippen LogP contribution < -0.4 is 15.0 Å². The summed E-state index contributed by atoms with van der Waals surface area (Å²) in [4.78, 5) is 20.0. The largest absolute Gasteiger partial charge is 0.497 e. The molecule has 170 valence electrons. The predicted molar refractivity (Wildman–Crippen MR) is 125 cm³/mol. The highest BCUT2D eigenvalue weighted by atomic mass is 32.1. The van der Waals surface area contributed by atoms with Crippen LogP contribution in [0.3, 0.4) is 0 Å². The van der Waals surface area contributed by atoms with Crippen LogP contribution in [-0.4, -0.2) is 60.1 Å². The number of thiazole rings is 1. The van der Waals surface area contributed by atoms with E-state index in [1.54, 1.807) is 18.4 Å². The van der Waals surface area contributed by atoms with Crippen LogP contribution in [0.5, 0.6) is 5.75 Å². The Kier molecular flexibility index (Phi) is 6.01. The number of aryl methyl sites for hydroxylation is 1. The van der Waals surface area contributed by atoms with Crippen LogP contribution in [0.4, 0.5) is 5.13 Å². The van der Waals surface area contributed by atoms with Gasteiger partial charge in [0.2, 0.25) is 5.91 Å². The lowest BCUT2D eigenvalue weighted by Crippen LogP contribution is -2.44. The minimum atomic E-state index is -0.0173. The van der Waals surface area contributed by atoms with Crippen molar-refractivity contribution in [2.24, 2.45) is 5.92 Å². The molecule has 5 rings (SSSR count). The fraction of sp³-hybridized carbons (Fsp3) is 0.522. The molecule has 0 saturated carbocycles. The van der Waals surface area contributed by atoms with Gasteiger partial charge < -0.3 is 19.7 Å². The number of piperidine rings is 1. The van der Waals surface area contributed by atoms with E-state index < -0.39 is 0 Å². The first-order valence-electron chi connectivity index (χ1n) is 11.3. The van der Waals surface area contributed by atoms with Crippen LogP contribution in [0, 0.1) is 12.8 Å².